The van der Waals surface area contributed by atoms with Crippen molar-refractivity contribution in [3.05, 3.63) is 84.4 Å². The number of ether oxygens (including phenoxy) is 3. The number of nitrogens with one attached hydrogen (secondary N) is 2. The third-order valence-electron chi connectivity index (χ3n) is 4.19. The lowest BCUT2D eigenvalue weighted by atomic mass is 10.2. The summed E-state index contributed by atoms with van der Waals surface area (Å²) in [5.41, 5.74) is 1.61. The summed E-state index contributed by atoms with van der Waals surface area (Å²) in [5, 5.41) is 5.57. The van der Waals surface area contributed by atoms with Crippen LogP contribution < -0.4 is 20.1 Å². The lowest BCUT2D eigenvalue weighted by Gasteiger charge is -2.10. The fourth-order valence-electron chi connectivity index (χ4n) is 2.69. The predicted octanol–water partition coefficient (Wildman–Crippen LogP) is 3.98. The molecular formula is C24H24N2O5. The summed E-state index contributed by atoms with van der Waals surface area (Å²) in [6.45, 7) is 0.823. The number of carbonyl (C=O) groups excluding carboxylic acids is 2. The van der Waals surface area contributed by atoms with Gasteiger partial charge in [-0.2, -0.15) is 0 Å². The number of carbonyl (C=O) groups is 2. The van der Waals surface area contributed by atoms with Crippen LogP contribution in [0, 0.1) is 0 Å². The SMILES string of the molecule is COCCOc1ccc(C(=O)Nc2cccc(NC(=O)COc3ccccc3)c2)cc1. The second kappa shape index (κ2) is 11.4. The summed E-state index contributed by atoms with van der Waals surface area (Å²) >= 11 is 0. The highest BCUT2D eigenvalue weighted by atomic mass is 16.5. The van der Waals surface area contributed by atoms with E-state index < -0.39 is 0 Å². The first kappa shape index (κ1) is 21.9. The third kappa shape index (κ3) is 7.17. The van der Waals surface area contributed by atoms with Crippen LogP contribution >= 0.6 is 0 Å². The van der Waals surface area contributed by atoms with Gasteiger partial charge < -0.3 is 24.8 Å². The van der Waals surface area contributed by atoms with E-state index in [4.69, 9.17) is 14.2 Å². The van der Waals surface area contributed by atoms with Gasteiger partial charge in [-0.15, -0.1) is 0 Å². The van der Waals surface area contributed by atoms with Gasteiger partial charge in [-0.25, -0.2) is 0 Å². The highest BCUT2D eigenvalue weighted by Gasteiger charge is 2.08. The van der Waals surface area contributed by atoms with Crippen LogP contribution in [0.1, 0.15) is 10.4 Å². The number of rotatable bonds is 10. The van der Waals surface area contributed by atoms with Gasteiger partial charge in [0.2, 0.25) is 0 Å². The minimum Gasteiger partial charge on any atom is -0.491 e. The van der Waals surface area contributed by atoms with Gasteiger partial charge in [-0.1, -0.05) is 24.3 Å². The average molecular weight is 420 g/mol. The Hall–Kier alpha value is -3.84. The number of benzene rings is 3. The van der Waals surface area contributed by atoms with Crippen LogP contribution in [0.15, 0.2) is 78.9 Å². The highest BCUT2D eigenvalue weighted by Crippen LogP contribution is 2.18. The molecule has 0 bridgehead atoms. The predicted molar refractivity (Wildman–Crippen MR) is 119 cm³/mol. The van der Waals surface area contributed by atoms with E-state index in [1.165, 1.54) is 0 Å². The second-order valence-corrected chi connectivity index (χ2v) is 6.55. The van der Waals surface area contributed by atoms with Crippen molar-refractivity contribution in [2.75, 3.05) is 37.6 Å². The zero-order chi connectivity index (χ0) is 21.9. The first-order valence-electron chi connectivity index (χ1n) is 9.75. The van der Waals surface area contributed by atoms with E-state index in [0.29, 0.717) is 41.7 Å². The molecule has 0 aliphatic rings. The molecule has 0 unspecified atom stereocenters. The van der Waals surface area contributed by atoms with Crippen molar-refractivity contribution in [3.8, 4) is 11.5 Å². The normalized spacial score (nSPS) is 10.2. The Kier molecular flexibility index (Phi) is 8.02. The summed E-state index contributed by atoms with van der Waals surface area (Å²) in [6, 6.07) is 22.8. The van der Waals surface area contributed by atoms with Gasteiger partial charge in [0, 0.05) is 24.0 Å². The van der Waals surface area contributed by atoms with E-state index in [-0.39, 0.29) is 18.4 Å². The van der Waals surface area contributed by atoms with Crippen molar-refractivity contribution in [3.63, 3.8) is 0 Å². The standard InChI is InChI=1S/C24H24N2O5/c1-29-14-15-30-22-12-10-18(11-13-22)24(28)26-20-7-5-6-19(16-20)25-23(27)17-31-21-8-3-2-4-9-21/h2-13,16H,14-15,17H2,1H3,(H,25,27)(H,26,28). The first-order valence-corrected chi connectivity index (χ1v) is 9.75. The molecule has 0 fully saturated rings. The molecule has 3 aromatic carbocycles. The van der Waals surface area contributed by atoms with Gasteiger partial charge in [0.25, 0.3) is 11.8 Å². The Morgan fingerprint density at radius 2 is 1.42 bits per heavy atom. The summed E-state index contributed by atoms with van der Waals surface area (Å²) in [5.74, 6) is 0.723. The topological polar surface area (TPSA) is 85.9 Å². The molecule has 2 amide bonds. The van der Waals surface area contributed by atoms with Crippen LogP contribution in [-0.2, 0) is 9.53 Å². The van der Waals surface area contributed by atoms with Crippen LogP contribution in [-0.4, -0.2) is 38.7 Å². The maximum absolute atomic E-state index is 12.5. The minimum absolute atomic E-state index is 0.112. The third-order valence-corrected chi connectivity index (χ3v) is 4.19. The molecule has 3 rings (SSSR count). The monoisotopic (exact) mass is 420 g/mol. The Morgan fingerprint density at radius 3 is 2.13 bits per heavy atom. The smallest absolute Gasteiger partial charge is 0.262 e. The van der Waals surface area contributed by atoms with Gasteiger partial charge in [-0.05, 0) is 54.6 Å². The Bertz CT molecular complexity index is 990. The molecule has 0 saturated heterocycles. The molecule has 160 valence electrons. The van der Waals surface area contributed by atoms with Crippen LogP contribution in [0.4, 0.5) is 11.4 Å². The number of anilines is 2. The molecule has 3 aromatic rings. The van der Waals surface area contributed by atoms with Crippen molar-refractivity contribution in [2.24, 2.45) is 0 Å². The molecule has 0 saturated carbocycles. The summed E-state index contributed by atoms with van der Waals surface area (Å²) in [6.07, 6.45) is 0. The lowest BCUT2D eigenvalue weighted by molar-refractivity contribution is -0.118. The fourth-order valence-corrected chi connectivity index (χ4v) is 2.69. The molecule has 7 heteroatoms. The van der Waals surface area contributed by atoms with Crippen molar-refractivity contribution >= 4 is 23.2 Å². The van der Waals surface area contributed by atoms with E-state index in [1.807, 2.05) is 18.2 Å². The van der Waals surface area contributed by atoms with Gasteiger partial charge >= 0.3 is 0 Å². The second-order valence-electron chi connectivity index (χ2n) is 6.55. The summed E-state index contributed by atoms with van der Waals surface area (Å²) in [4.78, 5) is 24.6. The highest BCUT2D eigenvalue weighted by molar-refractivity contribution is 6.04. The summed E-state index contributed by atoms with van der Waals surface area (Å²) in [7, 11) is 1.61. The lowest BCUT2D eigenvalue weighted by Crippen LogP contribution is -2.20. The average Bonchev–Trinajstić information content (AvgIpc) is 2.79. The molecule has 0 radical (unpaired) electrons. The zero-order valence-electron chi connectivity index (χ0n) is 17.2. The molecular weight excluding hydrogens is 396 g/mol. The van der Waals surface area contributed by atoms with E-state index in [2.05, 4.69) is 10.6 Å². The number of methoxy groups -OCH3 is 1. The van der Waals surface area contributed by atoms with Crippen molar-refractivity contribution in [1.29, 1.82) is 0 Å². The molecule has 0 aliphatic carbocycles. The van der Waals surface area contributed by atoms with E-state index in [9.17, 15) is 9.59 Å². The Balaban J connectivity index is 1.52. The van der Waals surface area contributed by atoms with Gasteiger partial charge in [0.1, 0.15) is 18.1 Å². The molecule has 7 nitrogen and oxygen atoms in total. The van der Waals surface area contributed by atoms with E-state index >= 15 is 0 Å². The van der Waals surface area contributed by atoms with Crippen molar-refractivity contribution in [1.82, 2.24) is 0 Å². The van der Waals surface area contributed by atoms with Crippen LogP contribution in [0.3, 0.4) is 0 Å². The number of hydrogen-bond donors (Lipinski definition) is 2. The molecule has 0 atom stereocenters. The van der Waals surface area contributed by atoms with Gasteiger partial charge in [-0.3, -0.25) is 9.59 Å². The molecule has 0 heterocycles. The Morgan fingerprint density at radius 1 is 0.742 bits per heavy atom. The fraction of sp³-hybridized carbons (Fsp3) is 0.167. The number of hydrogen-bond acceptors (Lipinski definition) is 5. The minimum atomic E-state index is -0.295. The molecule has 0 aromatic heterocycles. The maximum Gasteiger partial charge on any atom is 0.262 e. The van der Waals surface area contributed by atoms with Crippen LogP contribution in [0.25, 0.3) is 0 Å². The molecule has 0 spiro atoms. The van der Waals surface area contributed by atoms with Crippen molar-refractivity contribution < 1.29 is 23.8 Å². The number of para-hydroxylation sites is 1. The molecule has 2 N–H and O–H groups in total. The molecule has 31 heavy (non-hydrogen) atoms. The quantitative estimate of drug-likeness (QED) is 0.485. The first-order chi connectivity index (χ1) is 15.1. The largest absolute Gasteiger partial charge is 0.491 e. The van der Waals surface area contributed by atoms with Crippen molar-refractivity contribution in [2.45, 2.75) is 0 Å². The van der Waals surface area contributed by atoms with Gasteiger partial charge in [0.05, 0.1) is 6.61 Å². The zero-order valence-corrected chi connectivity index (χ0v) is 17.2. The van der Waals surface area contributed by atoms with E-state index in [1.54, 1.807) is 67.8 Å². The maximum atomic E-state index is 12.5. The summed E-state index contributed by atoms with van der Waals surface area (Å²) < 4.78 is 15.9. The number of amides is 2. The van der Waals surface area contributed by atoms with E-state index in [0.717, 1.165) is 0 Å². The van der Waals surface area contributed by atoms with Crippen LogP contribution in [0.5, 0.6) is 11.5 Å². The Labute approximate surface area is 180 Å². The van der Waals surface area contributed by atoms with Crippen LogP contribution in [0.2, 0.25) is 0 Å². The van der Waals surface area contributed by atoms with Gasteiger partial charge in [0.15, 0.2) is 6.61 Å². The molecule has 0 aliphatic heterocycles.